The summed E-state index contributed by atoms with van der Waals surface area (Å²) < 4.78 is 3.10. The van der Waals surface area contributed by atoms with Crippen molar-refractivity contribution in [2.45, 2.75) is 155 Å². The van der Waals surface area contributed by atoms with Crippen molar-refractivity contribution in [3.8, 4) is 0 Å². The lowest BCUT2D eigenvalue weighted by Crippen LogP contribution is -3.61. The smallest absolute Gasteiger partial charge is 0.357 e. The highest BCUT2D eigenvalue weighted by Crippen LogP contribution is 2.13. The van der Waals surface area contributed by atoms with Gasteiger partial charge >= 0.3 is 21.2 Å². The van der Waals surface area contributed by atoms with Crippen LogP contribution in [0.5, 0.6) is 0 Å². The molecule has 0 amide bonds. The van der Waals surface area contributed by atoms with Gasteiger partial charge in [-0.15, -0.1) is 0 Å². The van der Waals surface area contributed by atoms with Crippen molar-refractivity contribution < 1.29 is 33.6 Å². The molecule has 2 aromatic rings. The van der Waals surface area contributed by atoms with Gasteiger partial charge in [-0.2, -0.15) is 0 Å². The summed E-state index contributed by atoms with van der Waals surface area (Å²) in [5, 5.41) is 0. The van der Waals surface area contributed by atoms with Crippen molar-refractivity contribution >= 4 is 0 Å². The van der Waals surface area contributed by atoms with Gasteiger partial charge in [0.15, 0.2) is 7.14 Å². The van der Waals surface area contributed by atoms with E-state index in [0.717, 1.165) is 0 Å². The van der Waals surface area contributed by atoms with Gasteiger partial charge in [-0.1, -0.05) is 154 Å². The summed E-state index contributed by atoms with van der Waals surface area (Å²) in [6, 6.07) is 19.2. The fraction of sp³-hybridized carbons (Fsp3) is 0.667. The molecule has 0 heterocycles. The zero-order valence-corrected chi connectivity index (χ0v) is 27.8. The monoisotopic (exact) mass is 652 g/mol. The van der Waals surface area contributed by atoms with Gasteiger partial charge in [-0.3, -0.25) is 0 Å². The Kier molecular flexibility index (Phi) is 23.7. The maximum atomic E-state index is 2.40. The quantitative estimate of drug-likeness (QED) is 0.100. The van der Waals surface area contributed by atoms with Crippen LogP contribution in [0.3, 0.4) is 0 Å². The number of benzene rings is 2. The molecule has 0 fully saturated rings. The Morgan fingerprint density at radius 2 is 0.632 bits per heavy atom. The first kappa shape index (κ1) is 35.5. The summed E-state index contributed by atoms with van der Waals surface area (Å²) in [6.07, 6.45) is 30.9. The van der Waals surface area contributed by atoms with E-state index in [1.807, 2.05) is 0 Å². The van der Waals surface area contributed by atoms with Crippen molar-refractivity contribution in [1.29, 1.82) is 0 Å². The molecule has 0 aliphatic rings. The fourth-order valence-corrected chi connectivity index (χ4v) is 7.34. The van der Waals surface area contributed by atoms with Gasteiger partial charge in [-0.05, 0) is 61.1 Å². The summed E-state index contributed by atoms with van der Waals surface area (Å²) in [5.41, 5.74) is 3.05. The minimum absolute atomic E-state index is 0. The molecule has 0 nitrogen and oxygen atoms in total. The highest BCUT2D eigenvalue weighted by molar-refractivity contribution is 5.16. The average molecular weight is 653 g/mol. The van der Waals surface area contributed by atoms with E-state index in [2.05, 4.69) is 62.4 Å². The molecule has 0 aromatic heterocycles. The Morgan fingerprint density at radius 1 is 0.368 bits per heavy atom. The van der Waals surface area contributed by atoms with Crippen LogP contribution < -0.4 is 33.6 Å². The summed E-state index contributed by atoms with van der Waals surface area (Å²) in [4.78, 5) is 0. The number of rotatable bonds is 24. The third-order valence-corrected chi connectivity index (χ3v) is 10.4. The highest BCUT2D eigenvalue weighted by Gasteiger charge is 2.15. The summed E-state index contributed by atoms with van der Waals surface area (Å²) >= 11 is -0.0574. The van der Waals surface area contributed by atoms with Crippen molar-refractivity contribution in [1.82, 2.24) is 0 Å². The molecule has 0 N–H and O–H groups in total. The zero-order valence-electron chi connectivity index (χ0n) is 24.9. The molecule has 216 valence electrons. The molecule has 0 spiro atoms. The van der Waals surface area contributed by atoms with Gasteiger partial charge in [0, 0.05) is 0 Å². The first-order valence-electron chi connectivity index (χ1n) is 16.1. The maximum Gasteiger partial charge on any atom is 0.357 e. The van der Waals surface area contributed by atoms with E-state index in [-0.39, 0.29) is 33.6 Å². The minimum Gasteiger partial charge on any atom is -1.00 e. The van der Waals surface area contributed by atoms with Gasteiger partial charge in [0.25, 0.3) is 0 Å². The van der Waals surface area contributed by atoms with Crippen molar-refractivity contribution in [2.24, 2.45) is 0 Å². The Morgan fingerprint density at radius 3 is 0.921 bits per heavy atom. The van der Waals surface area contributed by atoms with E-state index in [1.165, 1.54) is 152 Å². The van der Waals surface area contributed by atoms with E-state index < -0.39 is 0 Å². The normalized spacial score (nSPS) is 11.0. The second-order valence-electron chi connectivity index (χ2n) is 11.2. The summed E-state index contributed by atoms with van der Waals surface area (Å²) in [7, 11) is 0. The number of aryl methyl sites for hydroxylation is 2. The Bertz CT molecular complexity index is 686. The van der Waals surface area contributed by atoms with E-state index in [1.54, 1.807) is 7.14 Å². The Hall–Kier alpha value is -0.540. The molecular formula is C36H58ClI. The molecule has 2 aromatic carbocycles. The zero-order chi connectivity index (χ0) is 26.2. The van der Waals surface area contributed by atoms with Crippen LogP contribution in [0.15, 0.2) is 48.5 Å². The van der Waals surface area contributed by atoms with Crippen molar-refractivity contribution in [2.75, 3.05) is 0 Å². The molecule has 0 atom stereocenters. The van der Waals surface area contributed by atoms with Crippen LogP contribution in [0.25, 0.3) is 0 Å². The standard InChI is InChI=1S/C36H58I.ClH/c1-3-5-7-9-11-13-15-17-19-21-23-33-25-29-35(30-26-33)37-36-31-27-34(28-32-36)24-22-20-18-16-14-12-10-8-6-4-2;/h25-32H,3-24H2,1-2H3;1H/q+1;/p-1. The van der Waals surface area contributed by atoms with Crippen molar-refractivity contribution in [3.05, 3.63) is 66.8 Å². The predicted octanol–water partition coefficient (Wildman–Crippen LogP) is 5.75. The molecule has 2 rings (SSSR count). The second kappa shape index (κ2) is 25.4. The molecule has 0 bridgehead atoms. The van der Waals surface area contributed by atoms with Gasteiger partial charge in [0.2, 0.25) is 0 Å². The van der Waals surface area contributed by atoms with Crippen LogP contribution in [-0.4, -0.2) is 0 Å². The molecular weight excluding hydrogens is 595 g/mol. The first-order valence-corrected chi connectivity index (χ1v) is 18.3. The average Bonchev–Trinajstić information content (AvgIpc) is 2.92. The molecule has 0 saturated heterocycles. The van der Waals surface area contributed by atoms with Gasteiger partial charge in [0.1, 0.15) is 0 Å². The number of hydrogen-bond acceptors (Lipinski definition) is 0. The van der Waals surface area contributed by atoms with Crippen LogP contribution in [0.1, 0.15) is 153 Å². The van der Waals surface area contributed by atoms with E-state index in [4.69, 9.17) is 0 Å². The second-order valence-corrected chi connectivity index (χ2v) is 14.2. The van der Waals surface area contributed by atoms with Crippen LogP contribution >= 0.6 is 0 Å². The highest BCUT2D eigenvalue weighted by atomic mass is 127. The lowest BCUT2D eigenvalue weighted by molar-refractivity contribution is -0.597. The minimum atomic E-state index is -0.0574. The van der Waals surface area contributed by atoms with Gasteiger partial charge < -0.3 is 12.4 Å². The molecule has 0 saturated carbocycles. The third kappa shape index (κ3) is 18.7. The Balaban J connectivity index is 0.00000722. The molecule has 0 unspecified atom stereocenters. The molecule has 2 heteroatoms. The molecule has 0 aliphatic heterocycles. The van der Waals surface area contributed by atoms with Crippen LogP contribution in [-0.2, 0) is 12.8 Å². The third-order valence-electron chi connectivity index (χ3n) is 7.68. The van der Waals surface area contributed by atoms with Crippen LogP contribution in [0, 0.1) is 7.14 Å². The Labute approximate surface area is 254 Å². The maximum absolute atomic E-state index is 2.40. The van der Waals surface area contributed by atoms with Gasteiger partial charge in [-0.25, -0.2) is 0 Å². The largest absolute Gasteiger partial charge is 1.00 e. The molecule has 38 heavy (non-hydrogen) atoms. The van der Waals surface area contributed by atoms with Gasteiger partial charge in [0.05, 0.1) is 0 Å². The van der Waals surface area contributed by atoms with E-state index >= 15 is 0 Å². The number of halogens is 2. The van der Waals surface area contributed by atoms with Crippen LogP contribution in [0.4, 0.5) is 0 Å². The summed E-state index contributed by atoms with van der Waals surface area (Å²) in [6.45, 7) is 4.60. The lowest BCUT2D eigenvalue weighted by atomic mass is 10.0. The SMILES string of the molecule is CCCCCCCCCCCCc1ccc([I+]c2ccc(CCCCCCCCCCCC)cc2)cc1.[Cl-]. The molecule has 0 radical (unpaired) electrons. The van der Waals surface area contributed by atoms with E-state index in [9.17, 15) is 0 Å². The predicted molar refractivity (Wildman–Crippen MR) is 161 cm³/mol. The number of hydrogen-bond donors (Lipinski definition) is 0. The fourth-order valence-electron chi connectivity index (χ4n) is 5.19. The molecule has 0 aliphatic carbocycles. The first-order chi connectivity index (χ1) is 18.3. The summed E-state index contributed by atoms with van der Waals surface area (Å²) in [5.74, 6) is 0. The van der Waals surface area contributed by atoms with E-state index in [0.29, 0.717) is 0 Å². The lowest BCUT2D eigenvalue weighted by Gasteiger charge is -2.03. The topological polar surface area (TPSA) is 0 Å². The van der Waals surface area contributed by atoms with Crippen molar-refractivity contribution in [3.63, 3.8) is 0 Å². The number of unbranched alkanes of at least 4 members (excludes halogenated alkanes) is 18. The van der Waals surface area contributed by atoms with Crippen LogP contribution in [0.2, 0.25) is 0 Å².